The van der Waals surface area contributed by atoms with Gasteiger partial charge in [0, 0.05) is 5.92 Å². The predicted octanol–water partition coefficient (Wildman–Crippen LogP) is 7.53. The second-order valence-corrected chi connectivity index (χ2v) is 8.80. The third-order valence-electron chi connectivity index (χ3n) is 4.69. The van der Waals surface area contributed by atoms with Crippen LogP contribution in [0.15, 0.2) is 78.5 Å². The van der Waals surface area contributed by atoms with E-state index in [0.29, 0.717) is 5.57 Å². The molecule has 0 radical (unpaired) electrons. The van der Waals surface area contributed by atoms with E-state index >= 15 is 0 Å². The van der Waals surface area contributed by atoms with Crippen LogP contribution >= 0.6 is 46.4 Å². The molecule has 164 valence electrons. The highest BCUT2D eigenvalue weighted by atomic mass is 35.5. The molecule has 2 aromatic rings. The first kappa shape index (κ1) is 24.0. The minimum atomic E-state index is -4.58. The Kier molecular flexibility index (Phi) is 7.34. The zero-order chi connectivity index (χ0) is 22.8. The van der Waals surface area contributed by atoms with Crippen molar-refractivity contribution in [1.29, 1.82) is 0 Å². The zero-order valence-electron chi connectivity index (χ0n) is 15.8. The molecule has 2 aromatic carbocycles. The second kappa shape index (κ2) is 9.47. The Hall–Kier alpha value is -1.63. The molecule has 2 nitrogen and oxygen atoms in total. The van der Waals surface area contributed by atoms with Gasteiger partial charge in [0.1, 0.15) is 0 Å². The normalized spacial score (nSPS) is 21.0. The molecule has 1 heterocycles. The molecule has 3 unspecified atom stereocenters. The lowest BCUT2D eigenvalue weighted by molar-refractivity contribution is -0.139. The Morgan fingerprint density at radius 2 is 1.58 bits per heavy atom. The van der Waals surface area contributed by atoms with E-state index in [0.717, 1.165) is 11.6 Å². The van der Waals surface area contributed by atoms with Crippen molar-refractivity contribution in [1.82, 2.24) is 5.32 Å². The van der Waals surface area contributed by atoms with Crippen LogP contribution in [0.2, 0.25) is 15.1 Å². The summed E-state index contributed by atoms with van der Waals surface area (Å²) in [6.07, 6.45) is 2.81. The SMILES string of the molecule is NC1(Cl)C=C(C(C=CC(c2cc(Cl)c(Cl)c(Cl)c2)C(F)(F)F)c2ccccc2)C=CN1. The van der Waals surface area contributed by atoms with Crippen LogP contribution in [0.3, 0.4) is 0 Å². The third-order valence-corrected chi connectivity index (χ3v) is 6.10. The summed E-state index contributed by atoms with van der Waals surface area (Å²) in [7, 11) is 0. The number of nitrogens with two attached hydrogens (primary N) is 1. The molecule has 0 fully saturated rings. The first-order chi connectivity index (χ1) is 14.5. The van der Waals surface area contributed by atoms with Gasteiger partial charge in [-0.25, -0.2) is 0 Å². The molecule has 0 aromatic heterocycles. The van der Waals surface area contributed by atoms with E-state index in [1.165, 1.54) is 18.2 Å². The topological polar surface area (TPSA) is 38.0 Å². The lowest BCUT2D eigenvalue weighted by Gasteiger charge is -2.27. The number of dihydropyridines is 1. The average Bonchev–Trinajstić information content (AvgIpc) is 2.68. The van der Waals surface area contributed by atoms with Crippen LogP contribution in [-0.4, -0.2) is 11.3 Å². The Morgan fingerprint density at radius 3 is 2.13 bits per heavy atom. The van der Waals surface area contributed by atoms with Crippen LogP contribution in [0.5, 0.6) is 0 Å². The molecular weight excluding hydrogens is 491 g/mol. The number of rotatable bonds is 5. The van der Waals surface area contributed by atoms with Crippen molar-refractivity contribution in [3.05, 3.63) is 105 Å². The largest absolute Gasteiger partial charge is 0.399 e. The second-order valence-electron chi connectivity index (χ2n) is 6.98. The van der Waals surface area contributed by atoms with Crippen molar-refractivity contribution in [2.45, 2.75) is 23.1 Å². The fraction of sp³-hybridized carbons (Fsp3) is 0.182. The lowest BCUT2D eigenvalue weighted by Crippen LogP contribution is -2.45. The smallest absolute Gasteiger partial charge is 0.358 e. The molecule has 0 saturated carbocycles. The summed E-state index contributed by atoms with van der Waals surface area (Å²) in [4.78, 5) is 0. The van der Waals surface area contributed by atoms with Crippen molar-refractivity contribution < 1.29 is 13.2 Å². The molecule has 3 N–H and O–H groups in total. The summed E-state index contributed by atoms with van der Waals surface area (Å²) in [5.74, 6) is -2.47. The van der Waals surface area contributed by atoms with Gasteiger partial charge in [0.05, 0.1) is 21.0 Å². The summed E-state index contributed by atoms with van der Waals surface area (Å²) in [6, 6.07) is 11.4. The number of nitrogens with one attached hydrogen (secondary N) is 1. The Morgan fingerprint density at radius 1 is 0.968 bits per heavy atom. The molecular formula is C22H17Cl4F3N2. The van der Waals surface area contributed by atoms with E-state index in [9.17, 15) is 13.2 Å². The van der Waals surface area contributed by atoms with Gasteiger partial charge >= 0.3 is 6.18 Å². The van der Waals surface area contributed by atoms with E-state index in [2.05, 4.69) is 5.32 Å². The number of hydrogen-bond acceptors (Lipinski definition) is 2. The highest BCUT2D eigenvalue weighted by Gasteiger charge is 2.39. The fourth-order valence-electron chi connectivity index (χ4n) is 3.25. The zero-order valence-corrected chi connectivity index (χ0v) is 18.8. The summed E-state index contributed by atoms with van der Waals surface area (Å²) in [5.41, 5.74) is 7.23. The fourth-order valence-corrected chi connectivity index (χ4v) is 4.05. The van der Waals surface area contributed by atoms with Gasteiger partial charge < -0.3 is 5.32 Å². The maximum Gasteiger partial charge on any atom is 0.399 e. The van der Waals surface area contributed by atoms with Crippen LogP contribution in [-0.2, 0) is 0 Å². The van der Waals surface area contributed by atoms with Crippen LogP contribution < -0.4 is 11.1 Å². The molecule has 0 amide bonds. The molecule has 31 heavy (non-hydrogen) atoms. The maximum absolute atomic E-state index is 13.9. The molecule has 0 bridgehead atoms. The summed E-state index contributed by atoms with van der Waals surface area (Å²) >= 11 is 24.0. The first-order valence-corrected chi connectivity index (χ1v) is 10.6. The molecule has 9 heteroatoms. The Labute approximate surface area is 198 Å². The van der Waals surface area contributed by atoms with Gasteiger partial charge in [0.2, 0.25) is 0 Å². The minimum absolute atomic E-state index is 0.00514. The van der Waals surface area contributed by atoms with Gasteiger partial charge in [-0.2, -0.15) is 13.2 Å². The lowest BCUT2D eigenvalue weighted by atomic mass is 9.87. The van der Waals surface area contributed by atoms with Gasteiger partial charge in [-0.05, 0) is 47.2 Å². The van der Waals surface area contributed by atoms with Crippen LogP contribution in [0.4, 0.5) is 13.2 Å². The van der Waals surface area contributed by atoms with Crippen LogP contribution in [0, 0.1) is 0 Å². The highest BCUT2D eigenvalue weighted by molar-refractivity contribution is 6.48. The first-order valence-electron chi connectivity index (χ1n) is 9.07. The quantitative estimate of drug-likeness (QED) is 0.190. The predicted molar refractivity (Wildman–Crippen MR) is 122 cm³/mol. The standard InChI is InChI=1S/C22H17Cl4F3N2/c23-18-10-15(11-19(24)20(18)25)17(22(27,28)29)7-6-16(13-4-2-1-3-5-13)14-8-9-31-21(26,30)12-14/h1-12,16-17,31H,30H2. The summed E-state index contributed by atoms with van der Waals surface area (Å²) < 4.78 is 41.8. The van der Waals surface area contributed by atoms with Gasteiger partial charge in [-0.3, -0.25) is 5.73 Å². The van der Waals surface area contributed by atoms with E-state index in [4.69, 9.17) is 52.1 Å². The summed E-state index contributed by atoms with van der Waals surface area (Å²) in [6.45, 7) is 0. The molecule has 1 aliphatic rings. The van der Waals surface area contributed by atoms with Gasteiger partial charge in [-0.1, -0.05) is 88.9 Å². The number of alkyl halides is 4. The van der Waals surface area contributed by atoms with Crippen molar-refractivity contribution in [2.75, 3.05) is 0 Å². The molecule has 1 aliphatic heterocycles. The molecule has 3 rings (SSSR count). The number of hydrogen-bond donors (Lipinski definition) is 2. The van der Waals surface area contributed by atoms with Gasteiger partial charge in [0.25, 0.3) is 0 Å². The van der Waals surface area contributed by atoms with E-state index in [-0.39, 0.29) is 20.6 Å². The van der Waals surface area contributed by atoms with Crippen molar-refractivity contribution in [3.8, 4) is 0 Å². The minimum Gasteiger partial charge on any atom is -0.358 e. The number of allylic oxidation sites excluding steroid dienone is 4. The maximum atomic E-state index is 13.9. The van der Waals surface area contributed by atoms with E-state index in [1.807, 2.05) is 18.2 Å². The number of halogens is 7. The van der Waals surface area contributed by atoms with Gasteiger partial charge in [-0.15, -0.1) is 0 Å². The number of benzene rings is 2. The Balaban J connectivity index is 2.07. The average molecular weight is 508 g/mol. The van der Waals surface area contributed by atoms with E-state index < -0.39 is 23.1 Å². The molecule has 3 atom stereocenters. The Bertz CT molecular complexity index is 1010. The van der Waals surface area contributed by atoms with Crippen LogP contribution in [0.1, 0.15) is 23.0 Å². The van der Waals surface area contributed by atoms with Crippen LogP contribution in [0.25, 0.3) is 0 Å². The molecule has 0 saturated heterocycles. The molecule has 0 spiro atoms. The summed E-state index contributed by atoms with van der Waals surface area (Å²) in [5, 5.41) is 1.33. The van der Waals surface area contributed by atoms with Crippen molar-refractivity contribution >= 4 is 46.4 Å². The van der Waals surface area contributed by atoms with Crippen molar-refractivity contribution in [3.63, 3.8) is 0 Å². The van der Waals surface area contributed by atoms with Crippen molar-refractivity contribution in [2.24, 2.45) is 5.73 Å². The monoisotopic (exact) mass is 506 g/mol. The van der Waals surface area contributed by atoms with E-state index in [1.54, 1.807) is 30.5 Å². The highest BCUT2D eigenvalue weighted by Crippen LogP contribution is 2.42. The molecule has 0 aliphatic carbocycles. The third kappa shape index (κ3) is 5.99. The van der Waals surface area contributed by atoms with Gasteiger partial charge in [0.15, 0.2) is 5.12 Å².